The molecule has 0 spiro atoms. The van der Waals surface area contributed by atoms with Crippen molar-refractivity contribution in [1.29, 1.82) is 0 Å². The van der Waals surface area contributed by atoms with Gasteiger partial charge in [0.05, 0.1) is 11.0 Å². The molecule has 3 rings (SSSR count). The molecule has 6 heteroatoms. The van der Waals surface area contributed by atoms with Crippen molar-refractivity contribution in [2.24, 2.45) is 0 Å². The average molecular weight is 334 g/mol. The minimum absolute atomic E-state index is 0.154. The van der Waals surface area contributed by atoms with Crippen molar-refractivity contribution in [2.75, 3.05) is 5.73 Å². The predicted molar refractivity (Wildman–Crippen MR) is 78.1 cm³/mol. The molecule has 2 N–H and O–H groups in total. The first kappa shape index (κ1) is 12.8. The van der Waals surface area contributed by atoms with Crippen LogP contribution in [-0.4, -0.2) is 9.97 Å². The molecule has 0 aliphatic heterocycles. The molecule has 4 nitrogen and oxygen atoms in total. The fourth-order valence-corrected chi connectivity index (χ4v) is 2.22. The number of aromatic nitrogens is 2. The molecule has 2 aromatic carbocycles. The van der Waals surface area contributed by atoms with Crippen molar-refractivity contribution in [3.63, 3.8) is 0 Å². The number of ether oxygens (including phenoxy) is 1. The SMILES string of the molecule is Nc1nc2ccccc2nc1Oc1cc(F)cc(Br)c1. The summed E-state index contributed by atoms with van der Waals surface area (Å²) < 4.78 is 19.4. The smallest absolute Gasteiger partial charge is 0.263 e. The number of para-hydroxylation sites is 2. The fraction of sp³-hybridized carbons (Fsp3) is 0. The Labute approximate surface area is 122 Å². The standard InChI is InChI=1S/C14H9BrFN3O/c15-8-5-9(16)7-10(6-8)20-14-13(17)18-11-3-1-2-4-12(11)19-14/h1-7H,(H2,17,18). The number of benzene rings is 2. The first-order valence-electron chi connectivity index (χ1n) is 5.78. The second kappa shape index (κ2) is 5.05. The zero-order valence-electron chi connectivity index (χ0n) is 10.2. The van der Waals surface area contributed by atoms with E-state index in [-0.39, 0.29) is 11.7 Å². The summed E-state index contributed by atoms with van der Waals surface area (Å²) in [6.45, 7) is 0. The number of nitrogen functional groups attached to an aromatic ring is 1. The Morgan fingerprint density at radius 3 is 2.45 bits per heavy atom. The molecule has 0 saturated heterocycles. The lowest BCUT2D eigenvalue weighted by atomic mass is 10.3. The highest BCUT2D eigenvalue weighted by Crippen LogP contribution is 2.28. The molecule has 0 fully saturated rings. The maximum atomic E-state index is 13.3. The molecule has 0 aliphatic carbocycles. The van der Waals surface area contributed by atoms with Crippen molar-refractivity contribution in [3.05, 3.63) is 52.8 Å². The van der Waals surface area contributed by atoms with Crippen LogP contribution >= 0.6 is 15.9 Å². The number of hydrogen-bond donors (Lipinski definition) is 1. The van der Waals surface area contributed by atoms with Gasteiger partial charge in [-0.3, -0.25) is 0 Å². The Hall–Kier alpha value is -2.21. The van der Waals surface area contributed by atoms with Gasteiger partial charge in [0.1, 0.15) is 11.6 Å². The van der Waals surface area contributed by atoms with E-state index >= 15 is 0 Å². The zero-order valence-corrected chi connectivity index (χ0v) is 11.8. The lowest BCUT2D eigenvalue weighted by molar-refractivity contribution is 0.460. The molecular formula is C14H9BrFN3O. The van der Waals surface area contributed by atoms with E-state index in [9.17, 15) is 4.39 Å². The molecule has 0 radical (unpaired) electrons. The quantitative estimate of drug-likeness (QED) is 0.772. The van der Waals surface area contributed by atoms with Gasteiger partial charge in [0, 0.05) is 10.5 Å². The first-order valence-corrected chi connectivity index (χ1v) is 6.57. The summed E-state index contributed by atoms with van der Waals surface area (Å²) in [5.74, 6) is 0.195. The van der Waals surface area contributed by atoms with Crippen LogP contribution in [-0.2, 0) is 0 Å². The van der Waals surface area contributed by atoms with E-state index in [4.69, 9.17) is 10.5 Å². The third-order valence-corrected chi connectivity index (χ3v) is 3.07. The molecule has 0 saturated carbocycles. The van der Waals surface area contributed by atoms with Gasteiger partial charge in [-0.15, -0.1) is 0 Å². The van der Waals surface area contributed by atoms with Crippen molar-refractivity contribution in [2.45, 2.75) is 0 Å². The van der Waals surface area contributed by atoms with Gasteiger partial charge in [-0.2, -0.15) is 0 Å². The van der Waals surface area contributed by atoms with Crippen molar-refractivity contribution in [3.8, 4) is 11.6 Å². The summed E-state index contributed by atoms with van der Waals surface area (Å²) in [6.07, 6.45) is 0. The van der Waals surface area contributed by atoms with Crippen LogP contribution in [0.2, 0.25) is 0 Å². The summed E-state index contributed by atoms with van der Waals surface area (Å²) in [5, 5.41) is 0. The number of nitrogens with zero attached hydrogens (tertiary/aromatic N) is 2. The van der Waals surface area contributed by atoms with Crippen LogP contribution in [0.15, 0.2) is 46.9 Å². The minimum Gasteiger partial charge on any atom is -0.436 e. The van der Waals surface area contributed by atoms with E-state index in [0.717, 1.165) is 0 Å². The number of anilines is 1. The van der Waals surface area contributed by atoms with E-state index in [1.165, 1.54) is 12.1 Å². The molecule has 1 heterocycles. The van der Waals surface area contributed by atoms with Gasteiger partial charge < -0.3 is 10.5 Å². The van der Waals surface area contributed by atoms with Gasteiger partial charge in [-0.1, -0.05) is 28.1 Å². The van der Waals surface area contributed by atoms with E-state index in [1.54, 1.807) is 18.2 Å². The zero-order chi connectivity index (χ0) is 14.1. The number of halogens is 2. The van der Waals surface area contributed by atoms with Crippen LogP contribution in [0.1, 0.15) is 0 Å². The topological polar surface area (TPSA) is 61.0 Å². The van der Waals surface area contributed by atoms with Gasteiger partial charge in [-0.25, -0.2) is 14.4 Å². The molecule has 0 bridgehead atoms. The highest BCUT2D eigenvalue weighted by atomic mass is 79.9. The van der Waals surface area contributed by atoms with Crippen molar-refractivity contribution < 1.29 is 9.13 Å². The summed E-state index contributed by atoms with van der Waals surface area (Å²) in [4.78, 5) is 8.48. The predicted octanol–water partition coefficient (Wildman–Crippen LogP) is 3.91. The lowest BCUT2D eigenvalue weighted by Crippen LogP contribution is -1.99. The monoisotopic (exact) mass is 333 g/mol. The molecular weight excluding hydrogens is 325 g/mol. The van der Waals surface area contributed by atoms with Crippen LogP contribution in [0.3, 0.4) is 0 Å². The van der Waals surface area contributed by atoms with E-state index in [0.29, 0.717) is 21.3 Å². The maximum absolute atomic E-state index is 13.3. The van der Waals surface area contributed by atoms with Gasteiger partial charge >= 0.3 is 0 Å². The lowest BCUT2D eigenvalue weighted by Gasteiger charge is -2.08. The molecule has 0 atom stereocenters. The van der Waals surface area contributed by atoms with E-state index in [1.807, 2.05) is 12.1 Å². The van der Waals surface area contributed by atoms with Crippen LogP contribution in [0.4, 0.5) is 10.2 Å². The molecule has 100 valence electrons. The third-order valence-electron chi connectivity index (χ3n) is 2.61. The summed E-state index contributed by atoms with van der Waals surface area (Å²) in [6, 6.07) is 11.5. The molecule has 0 aliphatic rings. The first-order chi connectivity index (χ1) is 9.61. The summed E-state index contributed by atoms with van der Waals surface area (Å²) in [7, 11) is 0. The van der Waals surface area contributed by atoms with Gasteiger partial charge in [-0.05, 0) is 24.3 Å². The largest absolute Gasteiger partial charge is 0.436 e. The minimum atomic E-state index is -0.415. The average Bonchev–Trinajstić information content (AvgIpc) is 2.38. The van der Waals surface area contributed by atoms with E-state index in [2.05, 4.69) is 25.9 Å². The number of rotatable bonds is 2. The van der Waals surface area contributed by atoms with Crippen molar-refractivity contribution in [1.82, 2.24) is 9.97 Å². The maximum Gasteiger partial charge on any atom is 0.263 e. The molecule has 1 aromatic heterocycles. The molecule has 0 amide bonds. The molecule has 0 unspecified atom stereocenters. The Morgan fingerprint density at radius 1 is 1.05 bits per heavy atom. The second-order valence-corrected chi connectivity index (χ2v) is 5.03. The Balaban J connectivity index is 2.03. The summed E-state index contributed by atoms with van der Waals surface area (Å²) >= 11 is 3.20. The fourth-order valence-electron chi connectivity index (χ4n) is 1.77. The van der Waals surface area contributed by atoms with E-state index < -0.39 is 5.82 Å². The normalized spacial score (nSPS) is 10.7. The second-order valence-electron chi connectivity index (χ2n) is 4.11. The van der Waals surface area contributed by atoms with Gasteiger partial charge in [0.15, 0.2) is 5.82 Å². The van der Waals surface area contributed by atoms with Gasteiger partial charge in [0.2, 0.25) is 0 Å². The van der Waals surface area contributed by atoms with Gasteiger partial charge in [0.25, 0.3) is 5.88 Å². The Kier molecular flexibility index (Phi) is 3.23. The Bertz CT molecular complexity index is 774. The van der Waals surface area contributed by atoms with Crippen LogP contribution in [0, 0.1) is 5.82 Å². The Morgan fingerprint density at radius 2 is 1.75 bits per heavy atom. The summed E-state index contributed by atoms with van der Waals surface area (Å²) in [5.41, 5.74) is 7.14. The number of hydrogen-bond acceptors (Lipinski definition) is 4. The number of fused-ring (bicyclic) bond motifs is 1. The van der Waals surface area contributed by atoms with Crippen LogP contribution in [0.5, 0.6) is 11.6 Å². The molecule has 20 heavy (non-hydrogen) atoms. The highest BCUT2D eigenvalue weighted by Gasteiger charge is 2.09. The third kappa shape index (κ3) is 2.55. The molecule has 3 aromatic rings. The highest BCUT2D eigenvalue weighted by molar-refractivity contribution is 9.10. The van der Waals surface area contributed by atoms with Crippen LogP contribution < -0.4 is 10.5 Å². The van der Waals surface area contributed by atoms with Crippen molar-refractivity contribution >= 4 is 32.8 Å². The number of nitrogens with two attached hydrogens (primary N) is 1. The van der Waals surface area contributed by atoms with Crippen LogP contribution in [0.25, 0.3) is 11.0 Å².